The van der Waals surface area contributed by atoms with Crippen molar-refractivity contribution >= 4 is 11.8 Å². The van der Waals surface area contributed by atoms with Gasteiger partial charge in [0.05, 0.1) is 13.2 Å². The van der Waals surface area contributed by atoms with Gasteiger partial charge in [0.1, 0.15) is 11.5 Å². The Kier molecular flexibility index (Phi) is 5.59. The molecule has 0 aliphatic heterocycles. The maximum absolute atomic E-state index is 11.9. The molecule has 124 valence electrons. The number of carbonyl (C=O) groups is 1. The smallest absolute Gasteiger partial charge is 0.320 e. The van der Waals surface area contributed by atoms with Crippen LogP contribution in [0.5, 0.6) is 5.75 Å². The molecule has 1 heterocycles. The number of aryl methyl sites for hydroxylation is 1. The number of methoxy groups -OCH3 is 1. The number of ether oxygens (including phenoxy) is 1. The first kappa shape index (κ1) is 16.8. The SMILES string of the molecule is COc1ccc([C@H](CNC(=O)Nc2cc(C)on2)N(C)C)cc1. The zero-order valence-corrected chi connectivity index (χ0v) is 13.8. The zero-order chi connectivity index (χ0) is 16.8. The number of amides is 2. The first-order chi connectivity index (χ1) is 11.0. The molecule has 0 bridgehead atoms. The van der Waals surface area contributed by atoms with E-state index < -0.39 is 0 Å². The lowest BCUT2D eigenvalue weighted by Gasteiger charge is -2.25. The number of anilines is 1. The van der Waals surface area contributed by atoms with Crippen LogP contribution in [0.2, 0.25) is 0 Å². The van der Waals surface area contributed by atoms with Crippen LogP contribution in [0.4, 0.5) is 10.6 Å². The molecule has 23 heavy (non-hydrogen) atoms. The van der Waals surface area contributed by atoms with Crippen molar-refractivity contribution in [3.05, 3.63) is 41.7 Å². The molecule has 2 N–H and O–H groups in total. The molecule has 0 radical (unpaired) electrons. The highest BCUT2D eigenvalue weighted by molar-refractivity contribution is 5.88. The Morgan fingerprint density at radius 1 is 1.35 bits per heavy atom. The van der Waals surface area contributed by atoms with Gasteiger partial charge in [0.15, 0.2) is 5.82 Å². The van der Waals surface area contributed by atoms with E-state index in [4.69, 9.17) is 9.26 Å². The van der Waals surface area contributed by atoms with Crippen molar-refractivity contribution in [2.45, 2.75) is 13.0 Å². The predicted octanol–water partition coefficient (Wildman–Crippen LogP) is 2.42. The standard InChI is InChI=1S/C16H22N4O3/c1-11-9-15(19-23-11)18-16(21)17-10-14(20(2)3)12-5-7-13(22-4)8-6-12/h5-9,14H,10H2,1-4H3,(H2,17,18,19,21)/t14-/m0/s1. The second-order valence-electron chi connectivity index (χ2n) is 5.41. The molecule has 0 spiro atoms. The molecule has 0 aliphatic rings. The van der Waals surface area contributed by atoms with Crippen LogP contribution in [-0.2, 0) is 0 Å². The van der Waals surface area contributed by atoms with Gasteiger partial charge in [-0.2, -0.15) is 0 Å². The lowest BCUT2D eigenvalue weighted by atomic mass is 10.1. The van der Waals surface area contributed by atoms with E-state index in [1.807, 2.05) is 43.3 Å². The summed E-state index contributed by atoms with van der Waals surface area (Å²) in [5.41, 5.74) is 1.09. The molecule has 2 amide bonds. The average molecular weight is 318 g/mol. The van der Waals surface area contributed by atoms with Gasteiger partial charge in [0, 0.05) is 12.6 Å². The molecule has 0 saturated carbocycles. The molecule has 0 unspecified atom stereocenters. The number of likely N-dealkylation sites (N-methyl/N-ethyl adjacent to an activating group) is 1. The summed E-state index contributed by atoms with van der Waals surface area (Å²) >= 11 is 0. The molecule has 2 rings (SSSR count). The van der Waals surface area contributed by atoms with Gasteiger partial charge in [-0.15, -0.1) is 0 Å². The minimum Gasteiger partial charge on any atom is -0.497 e. The average Bonchev–Trinajstić information content (AvgIpc) is 2.92. The van der Waals surface area contributed by atoms with Crippen LogP contribution in [0, 0.1) is 6.92 Å². The van der Waals surface area contributed by atoms with E-state index in [0.29, 0.717) is 18.1 Å². The maximum Gasteiger partial charge on any atom is 0.320 e. The summed E-state index contributed by atoms with van der Waals surface area (Å²) in [6, 6.07) is 9.18. The van der Waals surface area contributed by atoms with E-state index in [-0.39, 0.29) is 12.1 Å². The van der Waals surface area contributed by atoms with E-state index in [1.54, 1.807) is 20.1 Å². The fourth-order valence-electron chi connectivity index (χ4n) is 2.20. The Labute approximate surface area is 135 Å². The van der Waals surface area contributed by atoms with Gasteiger partial charge in [-0.05, 0) is 38.7 Å². The number of hydrogen-bond donors (Lipinski definition) is 2. The second-order valence-corrected chi connectivity index (χ2v) is 5.41. The third-order valence-electron chi connectivity index (χ3n) is 3.45. The number of urea groups is 1. The van der Waals surface area contributed by atoms with Crippen LogP contribution < -0.4 is 15.4 Å². The van der Waals surface area contributed by atoms with Crippen molar-refractivity contribution < 1.29 is 14.1 Å². The highest BCUT2D eigenvalue weighted by Gasteiger charge is 2.16. The normalized spacial score (nSPS) is 12.0. The second kappa shape index (κ2) is 7.64. The Morgan fingerprint density at radius 3 is 2.57 bits per heavy atom. The Hall–Kier alpha value is -2.54. The number of rotatable bonds is 6. The molecular weight excluding hydrogens is 296 g/mol. The van der Waals surface area contributed by atoms with Gasteiger partial charge in [-0.1, -0.05) is 17.3 Å². The first-order valence-electron chi connectivity index (χ1n) is 7.28. The van der Waals surface area contributed by atoms with Crippen molar-refractivity contribution in [2.75, 3.05) is 33.1 Å². The number of carbonyl (C=O) groups excluding carboxylic acids is 1. The number of nitrogens with zero attached hydrogens (tertiary/aromatic N) is 2. The maximum atomic E-state index is 11.9. The van der Waals surface area contributed by atoms with Crippen molar-refractivity contribution in [1.29, 1.82) is 0 Å². The summed E-state index contributed by atoms with van der Waals surface area (Å²) in [5.74, 6) is 1.84. The lowest BCUT2D eigenvalue weighted by Crippen LogP contribution is -2.36. The van der Waals surface area contributed by atoms with E-state index in [9.17, 15) is 4.79 Å². The third kappa shape index (κ3) is 4.72. The molecule has 0 saturated heterocycles. The van der Waals surface area contributed by atoms with Crippen molar-refractivity contribution in [3.63, 3.8) is 0 Å². The fraction of sp³-hybridized carbons (Fsp3) is 0.375. The van der Waals surface area contributed by atoms with Crippen molar-refractivity contribution in [2.24, 2.45) is 0 Å². The lowest BCUT2D eigenvalue weighted by molar-refractivity contribution is 0.243. The molecule has 2 aromatic rings. The number of nitrogens with one attached hydrogen (secondary N) is 2. The molecule has 0 aliphatic carbocycles. The van der Waals surface area contributed by atoms with Crippen LogP contribution >= 0.6 is 0 Å². The summed E-state index contributed by atoms with van der Waals surface area (Å²) in [4.78, 5) is 14.0. The third-order valence-corrected chi connectivity index (χ3v) is 3.45. The quantitative estimate of drug-likeness (QED) is 0.855. The summed E-state index contributed by atoms with van der Waals surface area (Å²) in [7, 11) is 5.57. The highest BCUT2D eigenvalue weighted by Crippen LogP contribution is 2.20. The van der Waals surface area contributed by atoms with Gasteiger partial charge in [0.2, 0.25) is 0 Å². The Balaban J connectivity index is 1.94. The fourth-order valence-corrected chi connectivity index (χ4v) is 2.20. The van der Waals surface area contributed by atoms with Gasteiger partial charge >= 0.3 is 6.03 Å². The predicted molar refractivity (Wildman–Crippen MR) is 87.7 cm³/mol. The van der Waals surface area contributed by atoms with E-state index in [1.165, 1.54) is 0 Å². The Morgan fingerprint density at radius 2 is 2.04 bits per heavy atom. The van der Waals surface area contributed by atoms with Crippen LogP contribution in [0.1, 0.15) is 17.4 Å². The van der Waals surface area contributed by atoms with Gasteiger partial charge in [-0.25, -0.2) is 4.79 Å². The summed E-state index contributed by atoms with van der Waals surface area (Å²) in [5, 5.41) is 9.20. The van der Waals surface area contributed by atoms with Crippen molar-refractivity contribution in [1.82, 2.24) is 15.4 Å². The van der Waals surface area contributed by atoms with Crippen molar-refractivity contribution in [3.8, 4) is 5.75 Å². The monoisotopic (exact) mass is 318 g/mol. The summed E-state index contributed by atoms with van der Waals surface area (Å²) in [6.45, 7) is 2.23. The molecule has 1 aromatic carbocycles. The molecule has 1 aromatic heterocycles. The van der Waals surface area contributed by atoms with Gasteiger partial charge < -0.3 is 19.5 Å². The number of aromatic nitrogens is 1. The van der Waals surface area contributed by atoms with E-state index in [0.717, 1.165) is 11.3 Å². The van der Waals surface area contributed by atoms with Crippen LogP contribution in [-0.4, -0.2) is 43.8 Å². The van der Waals surface area contributed by atoms with E-state index >= 15 is 0 Å². The topological polar surface area (TPSA) is 79.6 Å². The zero-order valence-electron chi connectivity index (χ0n) is 13.8. The van der Waals surface area contributed by atoms with Gasteiger partial charge in [0.25, 0.3) is 0 Å². The van der Waals surface area contributed by atoms with Gasteiger partial charge in [-0.3, -0.25) is 5.32 Å². The molecular formula is C16H22N4O3. The number of benzene rings is 1. The molecule has 1 atom stereocenters. The minimum absolute atomic E-state index is 0.0469. The Bertz CT molecular complexity index is 637. The van der Waals surface area contributed by atoms with E-state index in [2.05, 4.69) is 15.8 Å². The minimum atomic E-state index is -0.321. The summed E-state index contributed by atoms with van der Waals surface area (Å²) in [6.07, 6.45) is 0. The molecule has 7 nitrogen and oxygen atoms in total. The van der Waals surface area contributed by atoms with Crippen LogP contribution in [0.3, 0.4) is 0 Å². The molecule has 0 fully saturated rings. The number of hydrogen-bond acceptors (Lipinski definition) is 5. The molecule has 7 heteroatoms. The van der Waals surface area contributed by atoms with Crippen LogP contribution in [0.25, 0.3) is 0 Å². The largest absolute Gasteiger partial charge is 0.497 e. The highest BCUT2D eigenvalue weighted by atomic mass is 16.5. The summed E-state index contributed by atoms with van der Waals surface area (Å²) < 4.78 is 10.1. The first-order valence-corrected chi connectivity index (χ1v) is 7.28. The van der Waals surface area contributed by atoms with Crippen LogP contribution in [0.15, 0.2) is 34.9 Å².